The summed E-state index contributed by atoms with van der Waals surface area (Å²) in [5, 5.41) is 2.95. The van der Waals surface area contributed by atoms with Gasteiger partial charge in [-0.25, -0.2) is 0 Å². The number of hydrogen-bond donors (Lipinski definition) is 1. The van der Waals surface area contributed by atoms with Crippen LogP contribution in [0.2, 0.25) is 0 Å². The standard InChI is InChI=1S/C20H31N3O4/c1-25-17-12-15(13-18(26-2)20(17)27-3)21-19(24)7-9-22-10-11-23-8-5-4-6-16(23)14-22/h12-13,16H,4-11,14H2,1-3H3,(H,21,24). The van der Waals surface area contributed by atoms with Crippen molar-refractivity contribution in [3.8, 4) is 17.2 Å². The first-order valence-electron chi connectivity index (χ1n) is 9.71. The molecule has 1 amide bonds. The van der Waals surface area contributed by atoms with E-state index in [1.54, 1.807) is 33.5 Å². The van der Waals surface area contributed by atoms with Gasteiger partial charge in [-0.05, 0) is 19.4 Å². The first-order chi connectivity index (χ1) is 13.1. The molecule has 7 heteroatoms. The van der Waals surface area contributed by atoms with Gasteiger partial charge < -0.3 is 19.5 Å². The molecule has 0 radical (unpaired) electrons. The quantitative estimate of drug-likeness (QED) is 0.786. The van der Waals surface area contributed by atoms with Gasteiger partial charge in [0.1, 0.15) is 0 Å². The highest BCUT2D eigenvalue weighted by molar-refractivity contribution is 5.91. The Kier molecular flexibility index (Phi) is 6.79. The molecule has 7 nitrogen and oxygen atoms in total. The highest BCUT2D eigenvalue weighted by Gasteiger charge is 2.28. The number of piperidine rings is 1. The number of rotatable bonds is 7. The number of carbonyl (C=O) groups excluding carboxylic acids is 1. The third kappa shape index (κ3) is 4.84. The normalized spacial score (nSPS) is 20.6. The van der Waals surface area contributed by atoms with E-state index in [0.29, 0.717) is 35.4 Å². The van der Waals surface area contributed by atoms with Crippen molar-refractivity contribution in [2.24, 2.45) is 0 Å². The van der Waals surface area contributed by atoms with Crippen molar-refractivity contribution in [3.05, 3.63) is 12.1 Å². The van der Waals surface area contributed by atoms with Crippen LogP contribution in [-0.2, 0) is 4.79 Å². The van der Waals surface area contributed by atoms with E-state index >= 15 is 0 Å². The smallest absolute Gasteiger partial charge is 0.225 e. The summed E-state index contributed by atoms with van der Waals surface area (Å²) in [4.78, 5) is 17.5. The average Bonchev–Trinajstić information content (AvgIpc) is 2.71. The lowest BCUT2D eigenvalue weighted by Crippen LogP contribution is -2.55. The Morgan fingerprint density at radius 1 is 1.07 bits per heavy atom. The number of ether oxygens (including phenoxy) is 3. The van der Waals surface area contributed by atoms with Gasteiger partial charge in [0.25, 0.3) is 0 Å². The Balaban J connectivity index is 1.53. The van der Waals surface area contributed by atoms with Gasteiger partial charge in [-0.2, -0.15) is 0 Å². The molecule has 2 heterocycles. The second kappa shape index (κ2) is 9.28. The van der Waals surface area contributed by atoms with E-state index in [1.807, 2.05) is 0 Å². The third-order valence-electron chi connectivity index (χ3n) is 5.53. The number of carbonyl (C=O) groups is 1. The zero-order valence-electron chi connectivity index (χ0n) is 16.6. The summed E-state index contributed by atoms with van der Waals surface area (Å²) >= 11 is 0. The molecule has 0 aromatic heterocycles. The molecule has 1 N–H and O–H groups in total. The minimum absolute atomic E-state index is 0.00431. The zero-order valence-corrected chi connectivity index (χ0v) is 16.6. The lowest BCUT2D eigenvalue weighted by atomic mass is 9.99. The summed E-state index contributed by atoms with van der Waals surface area (Å²) in [6, 6.07) is 4.17. The molecule has 2 aliphatic rings. The van der Waals surface area contributed by atoms with Gasteiger partial charge in [0.05, 0.1) is 21.3 Å². The summed E-state index contributed by atoms with van der Waals surface area (Å²) in [5.74, 6) is 1.57. The van der Waals surface area contributed by atoms with Gasteiger partial charge >= 0.3 is 0 Å². The Morgan fingerprint density at radius 2 is 1.81 bits per heavy atom. The molecule has 0 spiro atoms. The van der Waals surface area contributed by atoms with Gasteiger partial charge in [0.2, 0.25) is 11.7 Å². The monoisotopic (exact) mass is 377 g/mol. The number of piperazine rings is 1. The van der Waals surface area contributed by atoms with Crippen LogP contribution in [0.15, 0.2) is 12.1 Å². The number of anilines is 1. The highest BCUT2D eigenvalue weighted by atomic mass is 16.5. The Morgan fingerprint density at radius 3 is 2.48 bits per heavy atom. The predicted molar refractivity (Wildman–Crippen MR) is 105 cm³/mol. The topological polar surface area (TPSA) is 63.3 Å². The lowest BCUT2D eigenvalue weighted by Gasteiger charge is -2.44. The minimum Gasteiger partial charge on any atom is -0.493 e. The summed E-state index contributed by atoms with van der Waals surface area (Å²) in [7, 11) is 4.69. The number of nitrogens with one attached hydrogen (secondary N) is 1. The number of nitrogens with zero attached hydrogens (tertiary/aromatic N) is 2. The van der Waals surface area contributed by atoms with Crippen LogP contribution >= 0.6 is 0 Å². The Labute approximate surface area is 161 Å². The molecule has 1 aromatic carbocycles. The summed E-state index contributed by atoms with van der Waals surface area (Å²) in [5.41, 5.74) is 0.645. The number of methoxy groups -OCH3 is 3. The van der Waals surface area contributed by atoms with Crippen LogP contribution in [0, 0.1) is 0 Å². The van der Waals surface area contributed by atoms with E-state index in [1.165, 1.54) is 25.8 Å². The van der Waals surface area contributed by atoms with Crippen LogP contribution in [0.3, 0.4) is 0 Å². The Hall–Kier alpha value is -1.99. The molecule has 0 bridgehead atoms. The van der Waals surface area contributed by atoms with Crippen molar-refractivity contribution in [1.29, 1.82) is 0 Å². The maximum atomic E-state index is 12.4. The molecule has 2 saturated heterocycles. The molecular weight excluding hydrogens is 346 g/mol. The number of benzene rings is 1. The van der Waals surface area contributed by atoms with Gasteiger partial charge in [-0.15, -0.1) is 0 Å². The SMILES string of the molecule is COc1cc(NC(=O)CCN2CCN3CCCCC3C2)cc(OC)c1OC. The summed E-state index contributed by atoms with van der Waals surface area (Å²) in [6.45, 7) is 5.28. The van der Waals surface area contributed by atoms with Gasteiger partial charge in [0.15, 0.2) is 11.5 Å². The molecule has 2 aliphatic heterocycles. The maximum Gasteiger partial charge on any atom is 0.225 e. The van der Waals surface area contributed by atoms with Crippen LogP contribution in [-0.4, -0.2) is 75.8 Å². The van der Waals surface area contributed by atoms with Crippen LogP contribution in [0.5, 0.6) is 17.2 Å². The first kappa shape index (κ1) is 19.8. The Bertz CT molecular complexity index is 627. The molecule has 1 atom stereocenters. The largest absolute Gasteiger partial charge is 0.493 e. The molecular formula is C20H31N3O4. The minimum atomic E-state index is -0.00431. The fourth-order valence-electron chi connectivity index (χ4n) is 4.06. The van der Waals surface area contributed by atoms with Gasteiger partial charge in [-0.3, -0.25) is 14.6 Å². The molecule has 150 valence electrons. The number of amides is 1. The van der Waals surface area contributed by atoms with Crippen molar-refractivity contribution < 1.29 is 19.0 Å². The van der Waals surface area contributed by atoms with E-state index in [0.717, 1.165) is 26.2 Å². The van der Waals surface area contributed by atoms with Crippen LogP contribution in [0.1, 0.15) is 25.7 Å². The van der Waals surface area contributed by atoms with E-state index in [-0.39, 0.29) is 5.91 Å². The summed E-state index contributed by atoms with van der Waals surface area (Å²) < 4.78 is 16.0. The average molecular weight is 377 g/mol. The van der Waals surface area contributed by atoms with E-state index in [2.05, 4.69) is 15.1 Å². The highest BCUT2D eigenvalue weighted by Crippen LogP contribution is 2.39. The fourth-order valence-corrected chi connectivity index (χ4v) is 4.06. The van der Waals surface area contributed by atoms with Crippen molar-refractivity contribution in [3.63, 3.8) is 0 Å². The molecule has 27 heavy (non-hydrogen) atoms. The lowest BCUT2D eigenvalue weighted by molar-refractivity contribution is -0.116. The molecule has 1 aromatic rings. The second-order valence-corrected chi connectivity index (χ2v) is 7.20. The summed E-state index contributed by atoms with van der Waals surface area (Å²) in [6.07, 6.45) is 4.42. The zero-order chi connectivity index (χ0) is 19.2. The van der Waals surface area contributed by atoms with Crippen molar-refractivity contribution in [1.82, 2.24) is 9.80 Å². The maximum absolute atomic E-state index is 12.4. The van der Waals surface area contributed by atoms with Crippen LogP contribution < -0.4 is 19.5 Å². The van der Waals surface area contributed by atoms with E-state index in [9.17, 15) is 4.79 Å². The molecule has 1 unspecified atom stereocenters. The van der Waals surface area contributed by atoms with Crippen LogP contribution in [0.4, 0.5) is 5.69 Å². The number of hydrogen-bond acceptors (Lipinski definition) is 6. The van der Waals surface area contributed by atoms with Crippen molar-refractivity contribution in [2.75, 3.05) is 59.4 Å². The third-order valence-corrected chi connectivity index (χ3v) is 5.53. The molecule has 0 aliphatic carbocycles. The molecule has 2 fully saturated rings. The van der Waals surface area contributed by atoms with Crippen molar-refractivity contribution in [2.45, 2.75) is 31.7 Å². The van der Waals surface area contributed by atoms with E-state index < -0.39 is 0 Å². The first-order valence-corrected chi connectivity index (χ1v) is 9.71. The van der Waals surface area contributed by atoms with Gasteiger partial charge in [0, 0.05) is 56.5 Å². The number of fused-ring (bicyclic) bond motifs is 1. The predicted octanol–water partition coefficient (Wildman–Crippen LogP) is 2.21. The molecule has 3 rings (SSSR count). The van der Waals surface area contributed by atoms with Crippen molar-refractivity contribution >= 4 is 11.6 Å². The van der Waals surface area contributed by atoms with E-state index in [4.69, 9.17) is 14.2 Å². The fraction of sp³-hybridized carbons (Fsp3) is 0.650. The van der Waals surface area contributed by atoms with Gasteiger partial charge in [-0.1, -0.05) is 6.42 Å². The second-order valence-electron chi connectivity index (χ2n) is 7.20. The van der Waals surface area contributed by atoms with Crippen LogP contribution in [0.25, 0.3) is 0 Å². The molecule has 0 saturated carbocycles.